The van der Waals surface area contributed by atoms with E-state index in [1.54, 1.807) is 12.1 Å². The summed E-state index contributed by atoms with van der Waals surface area (Å²) in [7, 11) is 0. The molecule has 0 aliphatic rings. The van der Waals surface area contributed by atoms with Crippen LogP contribution in [0.1, 0.15) is 5.56 Å². The molecule has 0 N–H and O–H groups in total. The molecule has 0 spiro atoms. The topological polar surface area (TPSA) is 0 Å². The third-order valence-electron chi connectivity index (χ3n) is 1.09. The molecule has 3 heteroatoms. The number of benzene rings is 1. The fourth-order valence-corrected chi connectivity index (χ4v) is 1.16. The summed E-state index contributed by atoms with van der Waals surface area (Å²) in [5.41, 5.74) is 0.574. The summed E-state index contributed by atoms with van der Waals surface area (Å²) in [5, 5.41) is 0.800. The predicted molar refractivity (Wildman–Crippen MR) is 42.9 cm³/mol. The van der Waals surface area contributed by atoms with Gasteiger partial charge < -0.3 is 0 Å². The van der Waals surface area contributed by atoms with Crippen molar-refractivity contribution in [2.75, 3.05) is 0 Å². The van der Waals surface area contributed by atoms with E-state index in [-0.39, 0.29) is 5.82 Å². The molecular weight excluding hydrogens is 218 g/mol. The lowest BCUT2D eigenvalue weighted by atomic mass is 10.2. The second-order valence-electron chi connectivity index (χ2n) is 1.78. The maximum atomic E-state index is 12.7. The fourth-order valence-electron chi connectivity index (χ4n) is 0.577. The van der Waals surface area contributed by atoms with Crippen LogP contribution in [0.4, 0.5) is 4.39 Å². The minimum absolute atomic E-state index is 0.308. The van der Waals surface area contributed by atoms with Crippen molar-refractivity contribution in [3.8, 4) is 0 Å². The Morgan fingerprint density at radius 3 is 2.80 bits per heavy atom. The summed E-state index contributed by atoms with van der Waals surface area (Å²) in [6.45, 7) is 0. The van der Waals surface area contributed by atoms with Gasteiger partial charge in [-0.15, -0.1) is 0 Å². The molecule has 53 valence electrons. The van der Waals surface area contributed by atoms with Crippen LogP contribution in [0.2, 0.25) is 5.02 Å². The number of hydrogen-bond acceptors (Lipinski definition) is 0. The summed E-state index contributed by atoms with van der Waals surface area (Å²) in [6.07, 6.45) is 0. The third kappa shape index (κ3) is 1.70. The first-order chi connectivity index (χ1) is 4.74. The lowest BCUT2D eigenvalue weighted by Crippen LogP contribution is -1.84. The number of alkyl halides is 1. The molecule has 0 aliphatic heterocycles. The molecule has 0 heterocycles. The van der Waals surface area contributed by atoms with E-state index < -0.39 is 0 Å². The van der Waals surface area contributed by atoms with Gasteiger partial charge in [0.1, 0.15) is 5.82 Å². The van der Waals surface area contributed by atoms with Crippen molar-refractivity contribution < 1.29 is 4.39 Å². The van der Waals surface area contributed by atoms with Crippen LogP contribution in [-0.4, -0.2) is 0 Å². The first kappa shape index (κ1) is 8.02. The van der Waals surface area contributed by atoms with Gasteiger partial charge in [-0.1, -0.05) is 33.6 Å². The van der Waals surface area contributed by atoms with E-state index in [1.165, 1.54) is 0 Å². The van der Waals surface area contributed by atoms with Gasteiger partial charge in [0, 0.05) is 11.4 Å². The highest BCUT2D eigenvalue weighted by Crippen LogP contribution is 2.15. The summed E-state index contributed by atoms with van der Waals surface area (Å²) in [4.78, 5) is 0. The predicted octanol–water partition coefficient (Wildman–Crippen LogP) is 3.17. The largest absolute Gasteiger partial charge is 0.206 e. The maximum Gasteiger partial charge on any atom is 0.136 e. The fraction of sp³-hybridized carbons (Fsp3) is 0.143. The van der Waals surface area contributed by atoms with Gasteiger partial charge >= 0.3 is 0 Å². The number of hydrogen-bond donors (Lipinski definition) is 0. The molecule has 0 amide bonds. The van der Waals surface area contributed by atoms with Crippen molar-refractivity contribution >= 4 is 27.5 Å². The van der Waals surface area contributed by atoms with Crippen molar-refractivity contribution in [1.29, 1.82) is 0 Å². The molecule has 0 nitrogen and oxygen atoms in total. The zero-order valence-corrected chi connectivity index (χ0v) is 7.34. The molecule has 0 fully saturated rings. The standard InChI is InChI=1S/C7H4BrClF/c8-4-5-1-2-6(9)3-7(5)10/h1-2H,4H2. The van der Waals surface area contributed by atoms with E-state index in [9.17, 15) is 4.39 Å². The molecule has 0 atom stereocenters. The second kappa shape index (κ2) is 3.35. The zero-order valence-electron chi connectivity index (χ0n) is 5.00. The van der Waals surface area contributed by atoms with E-state index in [1.807, 2.05) is 0 Å². The molecule has 0 saturated carbocycles. The van der Waals surface area contributed by atoms with E-state index in [0.717, 1.165) is 0 Å². The minimum Gasteiger partial charge on any atom is -0.206 e. The van der Waals surface area contributed by atoms with E-state index in [0.29, 0.717) is 15.9 Å². The van der Waals surface area contributed by atoms with Crippen LogP contribution in [0, 0.1) is 11.9 Å². The van der Waals surface area contributed by atoms with Crippen LogP contribution in [0.25, 0.3) is 0 Å². The average Bonchev–Trinajstić information content (AvgIpc) is 1.88. The normalized spacial score (nSPS) is 9.90. The second-order valence-corrected chi connectivity index (χ2v) is 2.75. The Morgan fingerprint density at radius 2 is 2.30 bits per heavy atom. The number of rotatable bonds is 1. The van der Waals surface area contributed by atoms with Crippen LogP contribution in [0.5, 0.6) is 0 Å². The Bertz CT molecular complexity index is 237. The summed E-state index contributed by atoms with van der Waals surface area (Å²) >= 11 is 8.59. The highest BCUT2D eigenvalue weighted by Gasteiger charge is 1.99. The Hall–Kier alpha value is -0.0800. The lowest BCUT2D eigenvalue weighted by Gasteiger charge is -1.95. The molecule has 1 aromatic rings. The highest BCUT2D eigenvalue weighted by molar-refractivity contribution is 9.08. The highest BCUT2D eigenvalue weighted by atomic mass is 79.9. The molecule has 0 bridgehead atoms. The molecule has 1 rings (SSSR count). The van der Waals surface area contributed by atoms with Crippen LogP contribution in [-0.2, 0) is 5.33 Å². The zero-order chi connectivity index (χ0) is 7.56. The van der Waals surface area contributed by atoms with Crippen molar-refractivity contribution in [2.45, 2.75) is 5.33 Å². The third-order valence-corrected chi connectivity index (χ3v) is 1.91. The molecule has 10 heavy (non-hydrogen) atoms. The van der Waals surface area contributed by atoms with E-state index in [4.69, 9.17) is 11.6 Å². The molecule has 1 aromatic carbocycles. The summed E-state index contributed by atoms with van der Waals surface area (Å²) in [5.74, 6) is -0.385. The average molecular weight is 222 g/mol. The van der Waals surface area contributed by atoms with Gasteiger partial charge in [0.25, 0.3) is 0 Å². The first-order valence-electron chi connectivity index (χ1n) is 2.66. The van der Waals surface area contributed by atoms with Gasteiger partial charge in [-0.2, -0.15) is 0 Å². The van der Waals surface area contributed by atoms with Crippen LogP contribution in [0.3, 0.4) is 0 Å². The van der Waals surface area contributed by atoms with Gasteiger partial charge in [-0.05, 0) is 11.6 Å². The minimum atomic E-state index is -0.385. The van der Waals surface area contributed by atoms with Crippen molar-refractivity contribution in [3.63, 3.8) is 0 Å². The van der Waals surface area contributed by atoms with Crippen LogP contribution < -0.4 is 0 Å². The Balaban J connectivity index is 3.07. The quantitative estimate of drug-likeness (QED) is 0.640. The monoisotopic (exact) mass is 221 g/mol. The van der Waals surface area contributed by atoms with Crippen molar-refractivity contribution in [2.24, 2.45) is 0 Å². The molecular formula is C7H4BrClF. The van der Waals surface area contributed by atoms with Crippen molar-refractivity contribution in [3.05, 3.63) is 34.6 Å². The molecule has 0 aromatic heterocycles. The maximum absolute atomic E-state index is 12.7. The molecule has 0 saturated heterocycles. The molecule has 0 unspecified atom stereocenters. The van der Waals surface area contributed by atoms with Crippen molar-refractivity contribution in [1.82, 2.24) is 0 Å². The van der Waals surface area contributed by atoms with E-state index >= 15 is 0 Å². The van der Waals surface area contributed by atoms with Crippen LogP contribution >= 0.6 is 27.5 Å². The first-order valence-corrected chi connectivity index (χ1v) is 4.16. The molecule has 0 aliphatic carbocycles. The van der Waals surface area contributed by atoms with Gasteiger partial charge in [0.15, 0.2) is 0 Å². The van der Waals surface area contributed by atoms with Gasteiger partial charge in [0.05, 0.1) is 5.02 Å². The van der Waals surface area contributed by atoms with E-state index in [2.05, 4.69) is 22.0 Å². The molecule has 1 radical (unpaired) electrons. The summed E-state index contributed by atoms with van der Waals surface area (Å²) < 4.78 is 12.7. The summed E-state index contributed by atoms with van der Waals surface area (Å²) in [6, 6.07) is 5.60. The van der Waals surface area contributed by atoms with Crippen LogP contribution in [0.15, 0.2) is 12.1 Å². The van der Waals surface area contributed by atoms with Gasteiger partial charge in [0.2, 0.25) is 0 Å². The smallest absolute Gasteiger partial charge is 0.136 e. The Kier molecular flexibility index (Phi) is 2.69. The SMILES string of the molecule is Fc1[c]c(Cl)ccc1CBr. The Morgan fingerprint density at radius 1 is 1.60 bits per heavy atom. The number of halogens is 3. The van der Waals surface area contributed by atoms with Gasteiger partial charge in [-0.3, -0.25) is 0 Å². The lowest BCUT2D eigenvalue weighted by molar-refractivity contribution is 0.615. The Labute approximate surface area is 72.1 Å². The van der Waals surface area contributed by atoms with Gasteiger partial charge in [-0.25, -0.2) is 4.39 Å².